The van der Waals surface area contributed by atoms with Crippen LogP contribution in [0.1, 0.15) is 10.5 Å². The Morgan fingerprint density at radius 2 is 2.11 bits per heavy atom. The number of hydrogen-bond acceptors (Lipinski definition) is 4. The predicted octanol–water partition coefficient (Wildman–Crippen LogP) is 2.21. The van der Waals surface area contributed by atoms with Crippen LogP contribution in [0.25, 0.3) is 16.6 Å². The first-order chi connectivity index (χ1) is 9.28. The maximum atomic E-state index is 11.5. The Morgan fingerprint density at radius 3 is 2.89 bits per heavy atom. The molecule has 0 spiro atoms. The molecule has 0 atom stereocenters. The van der Waals surface area contributed by atoms with Gasteiger partial charge in [0.05, 0.1) is 18.3 Å². The van der Waals surface area contributed by atoms with Crippen molar-refractivity contribution in [3.8, 4) is 5.69 Å². The lowest BCUT2D eigenvalue weighted by Crippen LogP contribution is -2.05. The number of esters is 1. The standard InChI is InChI=1S/C14H11N3O2/c1-19-14(18)13-8-11(6-7-15-13)17-9-10-4-2-3-5-12(10)16-17/h2-9H,1H3. The summed E-state index contributed by atoms with van der Waals surface area (Å²) in [6.45, 7) is 0. The highest BCUT2D eigenvalue weighted by molar-refractivity contribution is 5.87. The van der Waals surface area contributed by atoms with Gasteiger partial charge in [0.15, 0.2) is 0 Å². The maximum Gasteiger partial charge on any atom is 0.356 e. The van der Waals surface area contributed by atoms with Crippen molar-refractivity contribution in [1.82, 2.24) is 14.8 Å². The van der Waals surface area contributed by atoms with Crippen molar-refractivity contribution >= 4 is 16.9 Å². The van der Waals surface area contributed by atoms with Crippen LogP contribution in [0.4, 0.5) is 0 Å². The third-order valence-electron chi connectivity index (χ3n) is 2.82. The van der Waals surface area contributed by atoms with Crippen molar-refractivity contribution < 1.29 is 9.53 Å². The van der Waals surface area contributed by atoms with Crippen LogP contribution in [0, 0.1) is 0 Å². The second kappa shape index (κ2) is 4.53. The summed E-state index contributed by atoms with van der Waals surface area (Å²) in [5.74, 6) is -0.460. The van der Waals surface area contributed by atoms with E-state index in [1.54, 1.807) is 23.0 Å². The van der Waals surface area contributed by atoms with Crippen molar-refractivity contribution in [3.05, 3.63) is 54.5 Å². The molecular formula is C14H11N3O2. The number of aromatic nitrogens is 3. The molecule has 3 rings (SSSR count). The first-order valence-corrected chi connectivity index (χ1v) is 5.77. The topological polar surface area (TPSA) is 57.0 Å². The average molecular weight is 253 g/mol. The smallest absolute Gasteiger partial charge is 0.356 e. The molecule has 1 aromatic carbocycles. The molecule has 0 bridgehead atoms. The van der Waals surface area contributed by atoms with E-state index in [-0.39, 0.29) is 5.69 Å². The quantitative estimate of drug-likeness (QED) is 0.657. The molecule has 0 amide bonds. The van der Waals surface area contributed by atoms with Gasteiger partial charge in [-0.1, -0.05) is 18.2 Å². The molecule has 3 aromatic rings. The van der Waals surface area contributed by atoms with Gasteiger partial charge in [-0.3, -0.25) is 0 Å². The highest BCUT2D eigenvalue weighted by atomic mass is 16.5. The second-order valence-corrected chi connectivity index (χ2v) is 4.02. The van der Waals surface area contributed by atoms with Gasteiger partial charge >= 0.3 is 5.97 Å². The molecule has 0 fully saturated rings. The van der Waals surface area contributed by atoms with E-state index in [0.29, 0.717) is 0 Å². The highest BCUT2D eigenvalue weighted by Crippen LogP contribution is 2.15. The lowest BCUT2D eigenvalue weighted by atomic mass is 10.3. The normalized spacial score (nSPS) is 10.6. The molecule has 94 valence electrons. The Kier molecular flexibility index (Phi) is 2.72. The van der Waals surface area contributed by atoms with Crippen molar-refractivity contribution in [3.63, 3.8) is 0 Å². The first-order valence-electron chi connectivity index (χ1n) is 5.77. The van der Waals surface area contributed by atoms with Gasteiger partial charge in [-0.2, -0.15) is 5.10 Å². The van der Waals surface area contributed by atoms with E-state index < -0.39 is 5.97 Å². The number of carbonyl (C=O) groups is 1. The Hall–Kier alpha value is -2.69. The van der Waals surface area contributed by atoms with E-state index in [1.165, 1.54) is 7.11 Å². The number of ether oxygens (including phenoxy) is 1. The SMILES string of the molecule is COC(=O)c1cc(-n2cc3ccccc3n2)ccn1. The number of carbonyl (C=O) groups excluding carboxylic acids is 1. The molecule has 2 heterocycles. The molecule has 0 radical (unpaired) electrons. The van der Waals surface area contributed by atoms with Gasteiger partial charge in [0.25, 0.3) is 0 Å². The second-order valence-electron chi connectivity index (χ2n) is 4.02. The largest absolute Gasteiger partial charge is 0.464 e. The molecule has 0 aliphatic rings. The molecule has 0 saturated heterocycles. The van der Waals surface area contributed by atoms with Crippen LogP contribution in [0.2, 0.25) is 0 Å². The van der Waals surface area contributed by atoms with Crippen molar-refractivity contribution in [2.75, 3.05) is 7.11 Å². The van der Waals surface area contributed by atoms with Gasteiger partial charge < -0.3 is 4.74 Å². The van der Waals surface area contributed by atoms with E-state index in [4.69, 9.17) is 0 Å². The Balaban J connectivity index is 2.08. The number of methoxy groups -OCH3 is 1. The monoisotopic (exact) mass is 253 g/mol. The van der Waals surface area contributed by atoms with E-state index >= 15 is 0 Å². The molecule has 0 aliphatic heterocycles. The lowest BCUT2D eigenvalue weighted by Gasteiger charge is -2.02. The van der Waals surface area contributed by atoms with E-state index in [0.717, 1.165) is 16.6 Å². The van der Waals surface area contributed by atoms with Crippen molar-refractivity contribution in [1.29, 1.82) is 0 Å². The van der Waals surface area contributed by atoms with Gasteiger partial charge in [0.1, 0.15) is 5.69 Å². The molecule has 5 nitrogen and oxygen atoms in total. The number of nitrogens with zero attached hydrogens (tertiary/aromatic N) is 3. The number of pyridine rings is 1. The summed E-state index contributed by atoms with van der Waals surface area (Å²) in [6.07, 6.45) is 3.47. The van der Waals surface area contributed by atoms with Crippen molar-refractivity contribution in [2.45, 2.75) is 0 Å². The lowest BCUT2D eigenvalue weighted by molar-refractivity contribution is 0.0594. The summed E-state index contributed by atoms with van der Waals surface area (Å²) in [5, 5.41) is 5.49. The summed E-state index contributed by atoms with van der Waals surface area (Å²) < 4.78 is 6.38. The predicted molar refractivity (Wildman–Crippen MR) is 70.2 cm³/mol. The molecule has 0 N–H and O–H groups in total. The molecule has 0 aliphatic carbocycles. The number of fused-ring (bicyclic) bond motifs is 1. The average Bonchev–Trinajstić information content (AvgIpc) is 2.90. The van der Waals surface area contributed by atoms with Crippen molar-refractivity contribution in [2.24, 2.45) is 0 Å². The number of rotatable bonds is 2. The zero-order valence-corrected chi connectivity index (χ0v) is 10.3. The zero-order valence-electron chi connectivity index (χ0n) is 10.3. The molecule has 0 saturated carbocycles. The summed E-state index contributed by atoms with van der Waals surface area (Å²) >= 11 is 0. The zero-order chi connectivity index (χ0) is 13.2. The van der Waals surface area contributed by atoms with Crippen LogP contribution >= 0.6 is 0 Å². The minimum absolute atomic E-state index is 0.263. The fraction of sp³-hybridized carbons (Fsp3) is 0.0714. The summed E-state index contributed by atoms with van der Waals surface area (Å²) in [6, 6.07) is 11.3. The Morgan fingerprint density at radius 1 is 1.26 bits per heavy atom. The molecule has 2 aromatic heterocycles. The molecule has 0 unspecified atom stereocenters. The van der Waals surface area contributed by atoms with E-state index in [2.05, 4.69) is 14.8 Å². The minimum Gasteiger partial charge on any atom is -0.464 e. The number of hydrogen-bond donors (Lipinski definition) is 0. The van der Waals surface area contributed by atoms with Crippen LogP contribution in [0.5, 0.6) is 0 Å². The van der Waals surface area contributed by atoms with Crippen LogP contribution in [-0.4, -0.2) is 27.8 Å². The third kappa shape index (κ3) is 2.06. The molecular weight excluding hydrogens is 242 g/mol. The summed E-state index contributed by atoms with van der Waals surface area (Å²) in [7, 11) is 1.33. The fourth-order valence-corrected chi connectivity index (χ4v) is 1.87. The Bertz CT molecular complexity index is 716. The third-order valence-corrected chi connectivity index (χ3v) is 2.82. The molecule has 5 heteroatoms. The van der Waals surface area contributed by atoms with Gasteiger partial charge in [0, 0.05) is 17.8 Å². The first kappa shape index (κ1) is 11.4. The van der Waals surface area contributed by atoms with Crippen LogP contribution < -0.4 is 0 Å². The van der Waals surface area contributed by atoms with E-state index in [9.17, 15) is 4.79 Å². The van der Waals surface area contributed by atoms with Crippen LogP contribution in [0.3, 0.4) is 0 Å². The molecule has 19 heavy (non-hydrogen) atoms. The number of benzene rings is 1. The van der Waals surface area contributed by atoms with Crippen LogP contribution in [-0.2, 0) is 4.74 Å². The van der Waals surface area contributed by atoms with Gasteiger partial charge in [-0.05, 0) is 18.2 Å². The fourth-order valence-electron chi connectivity index (χ4n) is 1.87. The van der Waals surface area contributed by atoms with Crippen LogP contribution in [0.15, 0.2) is 48.8 Å². The Labute approximate surface area is 109 Å². The maximum absolute atomic E-state index is 11.5. The minimum atomic E-state index is -0.460. The van der Waals surface area contributed by atoms with Gasteiger partial charge in [-0.15, -0.1) is 0 Å². The van der Waals surface area contributed by atoms with Gasteiger partial charge in [0.2, 0.25) is 0 Å². The van der Waals surface area contributed by atoms with E-state index in [1.807, 2.05) is 30.5 Å². The van der Waals surface area contributed by atoms with Gasteiger partial charge in [-0.25, -0.2) is 14.5 Å². The summed E-state index contributed by atoms with van der Waals surface area (Å²) in [5.41, 5.74) is 1.94. The highest BCUT2D eigenvalue weighted by Gasteiger charge is 2.09. The summed E-state index contributed by atoms with van der Waals surface area (Å²) in [4.78, 5) is 15.4.